The molecule has 35 heavy (non-hydrogen) atoms. The number of carbonyl (C=O) groups excluding carboxylic acids is 1. The molecule has 11 heteroatoms. The van der Waals surface area contributed by atoms with Crippen LogP contribution in [0.5, 0.6) is 11.5 Å². The van der Waals surface area contributed by atoms with Crippen molar-refractivity contribution >= 4 is 34.4 Å². The van der Waals surface area contributed by atoms with E-state index in [1.807, 2.05) is 0 Å². The van der Waals surface area contributed by atoms with Gasteiger partial charge in [0.25, 0.3) is 11.8 Å². The van der Waals surface area contributed by atoms with Crippen LogP contribution in [0.2, 0.25) is 0 Å². The van der Waals surface area contributed by atoms with Crippen molar-refractivity contribution < 1.29 is 27.4 Å². The first kappa shape index (κ1) is 23.8. The molecule has 4 rings (SSSR count). The van der Waals surface area contributed by atoms with Gasteiger partial charge in [-0.25, -0.2) is 14.4 Å². The molecule has 0 aliphatic rings. The van der Waals surface area contributed by atoms with Crippen LogP contribution in [0.4, 0.5) is 30.6 Å². The maximum Gasteiger partial charge on any atom is 0.291 e. The monoisotopic (exact) mass is 483 g/mol. The molecule has 0 atom stereocenters. The highest BCUT2D eigenvalue weighted by Crippen LogP contribution is 2.33. The molecule has 1 amide bonds. The third-order valence-corrected chi connectivity index (χ3v) is 4.82. The van der Waals surface area contributed by atoms with Crippen LogP contribution in [-0.4, -0.2) is 34.6 Å². The molecule has 0 radical (unpaired) electrons. The highest BCUT2D eigenvalue weighted by atomic mass is 19.3. The van der Waals surface area contributed by atoms with E-state index in [1.165, 1.54) is 13.3 Å². The first-order valence-corrected chi connectivity index (χ1v) is 10.3. The molecule has 2 heterocycles. The predicted octanol–water partition coefficient (Wildman–Crippen LogP) is 5.50. The summed E-state index contributed by atoms with van der Waals surface area (Å²) in [6.45, 7) is 3.01. The van der Waals surface area contributed by atoms with Gasteiger partial charge in [-0.05, 0) is 42.5 Å². The molecule has 2 aromatic heterocycles. The molecule has 0 fully saturated rings. The number of halogens is 3. The van der Waals surface area contributed by atoms with Gasteiger partial charge < -0.3 is 25.1 Å². The molecule has 0 bridgehead atoms. The summed E-state index contributed by atoms with van der Waals surface area (Å²) in [7, 11) is 1.41. The Kier molecular flexibility index (Phi) is 6.69. The number of aromatic amines is 1. The third kappa shape index (κ3) is 5.58. The second-order valence-electron chi connectivity index (χ2n) is 7.37. The first-order chi connectivity index (χ1) is 16.8. The number of methoxy groups -OCH3 is 1. The van der Waals surface area contributed by atoms with Crippen LogP contribution in [0, 0.1) is 5.82 Å². The van der Waals surface area contributed by atoms with Crippen molar-refractivity contribution in [3.8, 4) is 11.5 Å². The van der Waals surface area contributed by atoms with E-state index in [9.17, 15) is 18.0 Å². The van der Waals surface area contributed by atoms with Gasteiger partial charge in [0.15, 0.2) is 0 Å². The van der Waals surface area contributed by atoms with Crippen LogP contribution in [0.25, 0.3) is 11.0 Å². The second kappa shape index (κ2) is 9.85. The number of imidazole rings is 1. The predicted molar refractivity (Wildman–Crippen MR) is 125 cm³/mol. The van der Waals surface area contributed by atoms with E-state index >= 15 is 0 Å². The Labute approximate surface area is 197 Å². The van der Waals surface area contributed by atoms with Crippen molar-refractivity contribution in [1.82, 2.24) is 15.0 Å². The smallest absolute Gasteiger partial charge is 0.291 e. The van der Waals surface area contributed by atoms with Gasteiger partial charge in [0.05, 0.1) is 16.7 Å². The van der Waals surface area contributed by atoms with E-state index in [4.69, 9.17) is 9.47 Å². The zero-order chi connectivity index (χ0) is 25.0. The third-order valence-electron chi connectivity index (χ3n) is 4.82. The lowest BCUT2D eigenvalue weighted by Gasteiger charge is -2.13. The van der Waals surface area contributed by atoms with Crippen LogP contribution in [0.1, 0.15) is 5.56 Å². The SMILES string of the molecule is C=CC(F)(F)c1ccc(F)c(Nc2nc3ccc(Oc4ccnc(NC(=O)COC)c4)cc3[nH]2)c1. The van der Waals surface area contributed by atoms with E-state index in [2.05, 4.69) is 32.2 Å². The number of carbonyl (C=O) groups is 1. The van der Waals surface area contributed by atoms with Crippen molar-refractivity contribution in [1.29, 1.82) is 0 Å². The number of allylic oxidation sites excluding steroid dienone is 1. The summed E-state index contributed by atoms with van der Waals surface area (Å²) in [6.07, 6.45) is 1.97. The minimum absolute atomic E-state index is 0.107. The van der Waals surface area contributed by atoms with Crippen LogP contribution in [0.15, 0.2) is 67.4 Å². The Bertz CT molecular complexity index is 1390. The second-order valence-corrected chi connectivity index (χ2v) is 7.37. The van der Waals surface area contributed by atoms with Crippen molar-refractivity contribution in [3.05, 3.63) is 78.8 Å². The van der Waals surface area contributed by atoms with Gasteiger partial charge >= 0.3 is 0 Å². The Morgan fingerprint density at radius 2 is 1.97 bits per heavy atom. The molecule has 0 saturated heterocycles. The molecule has 3 N–H and O–H groups in total. The Morgan fingerprint density at radius 1 is 1.17 bits per heavy atom. The van der Waals surface area contributed by atoms with E-state index in [-0.39, 0.29) is 24.1 Å². The molecule has 2 aromatic carbocycles. The summed E-state index contributed by atoms with van der Waals surface area (Å²) in [5.41, 5.74) is 0.522. The van der Waals surface area contributed by atoms with E-state index in [0.717, 1.165) is 18.2 Å². The number of benzene rings is 2. The number of amides is 1. The number of fused-ring (bicyclic) bond motifs is 1. The molecule has 4 aromatic rings. The number of anilines is 3. The van der Waals surface area contributed by atoms with Crippen molar-refractivity contribution in [2.75, 3.05) is 24.4 Å². The molecular formula is C24H20F3N5O3. The summed E-state index contributed by atoms with van der Waals surface area (Å²) in [6, 6.07) is 11.1. The molecule has 8 nitrogen and oxygen atoms in total. The van der Waals surface area contributed by atoms with Gasteiger partial charge in [0.2, 0.25) is 5.95 Å². The standard InChI is InChI=1S/C24H20F3N5O3/c1-3-24(26,27)14-4-6-17(25)19(10-14)30-23-29-18-7-5-15(11-20(18)31-23)35-16-8-9-28-21(12-16)32-22(33)13-34-2/h3-12H,1,13H2,2H3,(H,28,32,33)(H2,29,30,31). The quantitative estimate of drug-likeness (QED) is 0.272. The topological polar surface area (TPSA) is 101 Å². The number of nitrogens with zero attached hydrogens (tertiary/aromatic N) is 2. The summed E-state index contributed by atoms with van der Waals surface area (Å²) in [4.78, 5) is 23.0. The van der Waals surface area contributed by atoms with E-state index < -0.39 is 17.3 Å². The Morgan fingerprint density at radius 3 is 2.74 bits per heavy atom. The lowest BCUT2D eigenvalue weighted by atomic mass is 10.1. The summed E-state index contributed by atoms with van der Waals surface area (Å²) in [5, 5.41) is 5.28. The minimum atomic E-state index is -3.30. The zero-order valence-electron chi connectivity index (χ0n) is 18.4. The van der Waals surface area contributed by atoms with Gasteiger partial charge in [0, 0.05) is 31.0 Å². The van der Waals surface area contributed by atoms with Gasteiger partial charge in [-0.15, -0.1) is 0 Å². The molecule has 0 unspecified atom stereocenters. The number of alkyl halides is 2. The van der Waals surface area contributed by atoms with Gasteiger partial charge in [-0.3, -0.25) is 4.79 Å². The van der Waals surface area contributed by atoms with Crippen LogP contribution in [0.3, 0.4) is 0 Å². The van der Waals surface area contributed by atoms with Gasteiger partial charge in [0.1, 0.15) is 29.7 Å². The fourth-order valence-electron chi connectivity index (χ4n) is 3.17. The van der Waals surface area contributed by atoms with Crippen LogP contribution in [-0.2, 0) is 15.5 Å². The van der Waals surface area contributed by atoms with Crippen LogP contribution < -0.4 is 15.4 Å². The van der Waals surface area contributed by atoms with Gasteiger partial charge in [-0.2, -0.15) is 8.78 Å². The highest BCUT2D eigenvalue weighted by molar-refractivity contribution is 5.90. The largest absolute Gasteiger partial charge is 0.457 e. The fourth-order valence-corrected chi connectivity index (χ4v) is 3.17. The molecule has 0 aliphatic heterocycles. The summed E-state index contributed by atoms with van der Waals surface area (Å²) >= 11 is 0. The number of rotatable bonds is 9. The number of H-pyrrole nitrogens is 1. The lowest BCUT2D eigenvalue weighted by molar-refractivity contribution is -0.119. The normalized spacial score (nSPS) is 11.3. The number of nitrogens with one attached hydrogen (secondary N) is 3. The number of pyridine rings is 1. The maximum absolute atomic E-state index is 14.2. The first-order valence-electron chi connectivity index (χ1n) is 10.3. The Hall–Kier alpha value is -4.38. The zero-order valence-corrected chi connectivity index (χ0v) is 18.4. The van der Waals surface area contributed by atoms with Crippen molar-refractivity contribution in [2.45, 2.75) is 5.92 Å². The number of hydrogen-bond donors (Lipinski definition) is 3. The summed E-state index contributed by atoms with van der Waals surface area (Å²) in [5.74, 6) is -3.05. The number of ether oxygens (including phenoxy) is 2. The number of aromatic nitrogens is 3. The van der Waals surface area contributed by atoms with Crippen molar-refractivity contribution in [3.63, 3.8) is 0 Å². The minimum Gasteiger partial charge on any atom is -0.457 e. The molecule has 0 saturated carbocycles. The number of hydrogen-bond acceptors (Lipinski definition) is 6. The van der Waals surface area contributed by atoms with E-state index in [0.29, 0.717) is 34.4 Å². The average Bonchev–Trinajstić information content (AvgIpc) is 3.22. The molecular weight excluding hydrogens is 463 g/mol. The molecule has 0 spiro atoms. The fraction of sp³-hybridized carbons (Fsp3) is 0.125. The lowest BCUT2D eigenvalue weighted by Crippen LogP contribution is -2.17. The van der Waals surface area contributed by atoms with Crippen LogP contribution >= 0.6 is 0 Å². The molecule has 0 aliphatic carbocycles. The summed E-state index contributed by atoms with van der Waals surface area (Å²) < 4.78 is 52.7. The highest BCUT2D eigenvalue weighted by Gasteiger charge is 2.28. The Balaban J connectivity index is 1.52. The molecule has 180 valence electrons. The maximum atomic E-state index is 14.2. The average molecular weight is 483 g/mol. The van der Waals surface area contributed by atoms with E-state index in [1.54, 1.807) is 30.3 Å². The van der Waals surface area contributed by atoms with Gasteiger partial charge in [-0.1, -0.05) is 6.58 Å². The van der Waals surface area contributed by atoms with Crippen molar-refractivity contribution in [2.24, 2.45) is 0 Å².